The van der Waals surface area contributed by atoms with Crippen LogP contribution in [-0.2, 0) is 17.5 Å². The predicted molar refractivity (Wildman–Crippen MR) is 96.3 cm³/mol. The van der Waals surface area contributed by atoms with E-state index in [4.69, 9.17) is 11.6 Å². The molecule has 0 spiro atoms. The number of carbonyl (C=O) groups excluding carboxylic acids is 2. The highest BCUT2D eigenvalue weighted by Gasteiger charge is 2.32. The van der Waals surface area contributed by atoms with E-state index in [0.29, 0.717) is 28.1 Å². The number of nitrogens with zero attached hydrogens (tertiary/aromatic N) is 1. The molecule has 1 aliphatic rings. The largest absolute Gasteiger partial charge is 0.417 e. The summed E-state index contributed by atoms with van der Waals surface area (Å²) >= 11 is 5.55. The number of hydrogen-bond donors (Lipinski definition) is 2. The van der Waals surface area contributed by atoms with Gasteiger partial charge >= 0.3 is 6.18 Å². The van der Waals surface area contributed by atoms with Gasteiger partial charge in [0.25, 0.3) is 11.5 Å². The molecule has 0 bridgehead atoms. The molecule has 0 saturated heterocycles. The van der Waals surface area contributed by atoms with E-state index in [9.17, 15) is 27.6 Å². The normalized spacial score (nSPS) is 13.9. The highest BCUT2D eigenvalue weighted by atomic mass is 35.5. The Bertz CT molecular complexity index is 967. The molecule has 1 fully saturated rings. The van der Waals surface area contributed by atoms with Crippen molar-refractivity contribution < 1.29 is 22.8 Å². The van der Waals surface area contributed by atoms with Crippen LogP contribution in [0.2, 0.25) is 5.02 Å². The lowest BCUT2D eigenvalue weighted by molar-refractivity contribution is -0.138. The van der Waals surface area contributed by atoms with Gasteiger partial charge in [0.15, 0.2) is 0 Å². The van der Waals surface area contributed by atoms with Crippen LogP contribution >= 0.6 is 11.6 Å². The van der Waals surface area contributed by atoms with Crippen LogP contribution in [0.4, 0.5) is 18.9 Å². The summed E-state index contributed by atoms with van der Waals surface area (Å²) in [5.41, 5.74) is -1.28. The Morgan fingerprint density at radius 3 is 2.39 bits per heavy atom. The van der Waals surface area contributed by atoms with Crippen LogP contribution in [0.15, 0.2) is 41.3 Å². The molecule has 28 heavy (non-hydrogen) atoms. The molecule has 2 aromatic rings. The zero-order chi connectivity index (χ0) is 20.5. The molecule has 10 heteroatoms. The van der Waals surface area contributed by atoms with Crippen molar-refractivity contribution in [3.8, 4) is 0 Å². The number of halogens is 4. The van der Waals surface area contributed by atoms with Gasteiger partial charge in [0, 0.05) is 23.5 Å². The van der Waals surface area contributed by atoms with Gasteiger partial charge < -0.3 is 15.2 Å². The molecule has 2 N–H and O–H groups in total. The molecular weight excluding hydrogens is 399 g/mol. The van der Waals surface area contributed by atoms with E-state index in [1.54, 1.807) is 0 Å². The van der Waals surface area contributed by atoms with Gasteiger partial charge in [0.05, 0.1) is 5.56 Å². The van der Waals surface area contributed by atoms with E-state index < -0.39 is 34.8 Å². The average molecular weight is 414 g/mol. The second-order valence-corrected chi connectivity index (χ2v) is 6.79. The van der Waals surface area contributed by atoms with Crippen molar-refractivity contribution in [1.29, 1.82) is 0 Å². The van der Waals surface area contributed by atoms with E-state index in [1.165, 1.54) is 24.3 Å². The maximum absolute atomic E-state index is 12.8. The fourth-order valence-corrected chi connectivity index (χ4v) is 2.65. The number of nitrogens with one attached hydrogen (secondary N) is 2. The first-order chi connectivity index (χ1) is 13.1. The standard InChI is InChI=1S/C18H15ClF3N3O3/c19-14-7-11(18(20,21)22)8-25(17(14)28)9-15(26)23-12-3-1-10(2-4-12)16(27)24-13-5-6-13/h1-4,7-8,13H,5-6,9H2,(H,23,26)(H,24,27). The minimum atomic E-state index is -4.70. The highest BCUT2D eigenvalue weighted by molar-refractivity contribution is 6.30. The van der Waals surface area contributed by atoms with Gasteiger partial charge in [-0.25, -0.2) is 0 Å². The summed E-state index contributed by atoms with van der Waals surface area (Å²) in [6.45, 7) is -0.646. The van der Waals surface area contributed by atoms with Gasteiger partial charge in [-0.1, -0.05) is 11.6 Å². The quantitative estimate of drug-likeness (QED) is 0.790. The monoisotopic (exact) mass is 413 g/mol. The summed E-state index contributed by atoms with van der Waals surface area (Å²) in [7, 11) is 0. The van der Waals surface area contributed by atoms with Crippen LogP contribution in [-0.4, -0.2) is 22.4 Å². The van der Waals surface area contributed by atoms with E-state index in [0.717, 1.165) is 12.8 Å². The van der Waals surface area contributed by atoms with Crippen LogP contribution in [0, 0.1) is 0 Å². The van der Waals surface area contributed by atoms with Gasteiger partial charge in [0.1, 0.15) is 11.6 Å². The van der Waals surface area contributed by atoms with Crippen molar-refractivity contribution in [2.24, 2.45) is 0 Å². The van der Waals surface area contributed by atoms with Crippen LogP contribution in [0.1, 0.15) is 28.8 Å². The fraction of sp³-hybridized carbons (Fsp3) is 0.278. The molecule has 0 aliphatic heterocycles. The number of benzene rings is 1. The van der Waals surface area contributed by atoms with Gasteiger partial charge in [-0.15, -0.1) is 0 Å². The van der Waals surface area contributed by atoms with Crippen molar-refractivity contribution in [1.82, 2.24) is 9.88 Å². The molecule has 0 atom stereocenters. The Hall–Kier alpha value is -2.81. The molecule has 1 aromatic heterocycles. The van der Waals surface area contributed by atoms with Gasteiger partial charge in [-0.05, 0) is 43.2 Å². The Balaban J connectivity index is 1.68. The number of pyridine rings is 1. The summed E-state index contributed by atoms with van der Waals surface area (Å²) < 4.78 is 39.1. The van der Waals surface area contributed by atoms with E-state index in [1.807, 2.05) is 0 Å². The summed E-state index contributed by atoms with van der Waals surface area (Å²) in [6.07, 6.45) is -2.25. The Kier molecular flexibility index (Phi) is 5.46. The first kappa shape index (κ1) is 19.9. The molecule has 0 radical (unpaired) electrons. The molecule has 3 rings (SSSR count). The number of aromatic nitrogens is 1. The number of hydrogen-bond acceptors (Lipinski definition) is 3. The average Bonchev–Trinajstić information content (AvgIpc) is 3.42. The Morgan fingerprint density at radius 2 is 1.82 bits per heavy atom. The van der Waals surface area contributed by atoms with E-state index in [2.05, 4.69) is 10.6 Å². The summed E-state index contributed by atoms with van der Waals surface area (Å²) in [6, 6.07) is 6.73. The first-order valence-corrected chi connectivity index (χ1v) is 8.69. The summed E-state index contributed by atoms with van der Waals surface area (Å²) in [5, 5.41) is 4.65. The number of carbonyl (C=O) groups is 2. The minimum Gasteiger partial charge on any atom is -0.349 e. The minimum absolute atomic E-state index is 0.212. The van der Waals surface area contributed by atoms with E-state index >= 15 is 0 Å². The third kappa shape index (κ3) is 4.92. The lowest BCUT2D eigenvalue weighted by atomic mass is 10.2. The maximum Gasteiger partial charge on any atom is 0.417 e. The number of amides is 2. The topological polar surface area (TPSA) is 80.2 Å². The molecular formula is C18H15ClF3N3O3. The SMILES string of the molecule is O=C(Cn1cc(C(F)(F)F)cc(Cl)c1=O)Nc1ccc(C(=O)NC2CC2)cc1. The molecule has 0 unspecified atom stereocenters. The molecule has 1 aromatic carbocycles. The van der Waals surface area contributed by atoms with E-state index in [-0.39, 0.29) is 11.9 Å². The molecule has 1 aliphatic carbocycles. The molecule has 6 nitrogen and oxygen atoms in total. The molecule has 148 valence electrons. The third-order valence-corrected chi connectivity index (χ3v) is 4.30. The second-order valence-electron chi connectivity index (χ2n) is 6.38. The van der Waals surface area contributed by atoms with Crippen molar-refractivity contribution in [3.63, 3.8) is 0 Å². The lowest BCUT2D eigenvalue weighted by Crippen LogP contribution is -2.29. The molecule has 1 heterocycles. The molecule has 2 amide bonds. The Morgan fingerprint density at radius 1 is 1.18 bits per heavy atom. The predicted octanol–water partition coefficient (Wildman–Crippen LogP) is 3.05. The smallest absolute Gasteiger partial charge is 0.349 e. The summed E-state index contributed by atoms with van der Waals surface area (Å²) in [4.78, 5) is 35.9. The number of anilines is 1. The highest BCUT2D eigenvalue weighted by Crippen LogP contribution is 2.29. The zero-order valence-corrected chi connectivity index (χ0v) is 15.1. The third-order valence-electron chi connectivity index (χ3n) is 4.03. The van der Waals surface area contributed by atoms with Crippen LogP contribution in [0.5, 0.6) is 0 Å². The molecule has 1 saturated carbocycles. The lowest BCUT2D eigenvalue weighted by Gasteiger charge is -2.12. The Labute approximate surface area is 162 Å². The number of rotatable bonds is 5. The van der Waals surface area contributed by atoms with Crippen LogP contribution < -0.4 is 16.2 Å². The summed E-state index contributed by atoms with van der Waals surface area (Å²) in [5.74, 6) is -0.932. The maximum atomic E-state index is 12.8. The van der Waals surface area contributed by atoms with Gasteiger partial charge in [-0.3, -0.25) is 14.4 Å². The van der Waals surface area contributed by atoms with Crippen molar-refractivity contribution in [2.75, 3.05) is 5.32 Å². The van der Waals surface area contributed by atoms with Crippen molar-refractivity contribution in [3.05, 3.63) is 63.0 Å². The number of alkyl halides is 3. The second kappa shape index (κ2) is 7.67. The van der Waals surface area contributed by atoms with Gasteiger partial charge in [0.2, 0.25) is 5.91 Å². The first-order valence-electron chi connectivity index (χ1n) is 8.31. The van der Waals surface area contributed by atoms with Gasteiger partial charge in [-0.2, -0.15) is 13.2 Å². The van der Waals surface area contributed by atoms with Crippen molar-refractivity contribution in [2.45, 2.75) is 31.6 Å². The van der Waals surface area contributed by atoms with Crippen LogP contribution in [0.25, 0.3) is 0 Å². The zero-order valence-electron chi connectivity index (χ0n) is 14.3. The fourth-order valence-electron chi connectivity index (χ4n) is 2.43. The van der Waals surface area contributed by atoms with Crippen LogP contribution in [0.3, 0.4) is 0 Å². The van der Waals surface area contributed by atoms with Crippen molar-refractivity contribution >= 4 is 29.1 Å².